The van der Waals surface area contributed by atoms with Crippen LogP contribution in [0, 0.1) is 5.92 Å². The lowest BCUT2D eigenvalue weighted by molar-refractivity contribution is -0.144. The molecule has 3 aliphatic rings. The Morgan fingerprint density at radius 2 is 1.81 bits per heavy atom. The van der Waals surface area contributed by atoms with Gasteiger partial charge in [0.1, 0.15) is 0 Å². The van der Waals surface area contributed by atoms with Crippen LogP contribution in [0.25, 0.3) is 0 Å². The number of allylic oxidation sites excluding steroid dienone is 1. The van der Waals surface area contributed by atoms with Crippen molar-refractivity contribution in [1.29, 1.82) is 0 Å². The van der Waals surface area contributed by atoms with Crippen molar-refractivity contribution in [2.24, 2.45) is 5.92 Å². The second-order valence-electron chi connectivity index (χ2n) is 8.86. The standard InChI is InChI=1S/C23H36N4O4/c1-2-3-7-13-24-20(28)19-11-14-25(15-12-19)17-27-22(30)21(29)26(23(27)31)16-10-18-8-5-4-6-9-18/h8,19H,2-7,9-17H2,1H3,(H,24,28). The fraction of sp³-hybridized carbons (Fsp3) is 0.739. The lowest BCUT2D eigenvalue weighted by Crippen LogP contribution is -2.47. The van der Waals surface area contributed by atoms with Crippen LogP contribution in [0.2, 0.25) is 0 Å². The van der Waals surface area contributed by atoms with Crippen LogP contribution in [0.15, 0.2) is 11.6 Å². The summed E-state index contributed by atoms with van der Waals surface area (Å²) >= 11 is 0. The normalized spacial score (nSPS) is 21.1. The van der Waals surface area contributed by atoms with Crippen LogP contribution in [-0.2, 0) is 14.4 Å². The molecule has 0 spiro atoms. The lowest BCUT2D eigenvalue weighted by atomic mass is 9.96. The number of unbranched alkanes of at least 4 members (excludes halogenated alkanes) is 2. The van der Waals surface area contributed by atoms with Gasteiger partial charge in [0, 0.05) is 32.1 Å². The maximum atomic E-state index is 12.7. The molecule has 8 nitrogen and oxygen atoms in total. The predicted molar refractivity (Wildman–Crippen MR) is 117 cm³/mol. The number of likely N-dealkylation sites (tertiary alicyclic amines) is 1. The van der Waals surface area contributed by atoms with Gasteiger partial charge in [0.2, 0.25) is 5.91 Å². The third-order valence-corrected chi connectivity index (χ3v) is 6.56. The first-order valence-electron chi connectivity index (χ1n) is 11.9. The van der Waals surface area contributed by atoms with Crippen LogP contribution in [-0.4, -0.2) is 71.3 Å². The van der Waals surface area contributed by atoms with Gasteiger partial charge < -0.3 is 5.32 Å². The maximum absolute atomic E-state index is 12.7. The fourth-order valence-electron chi connectivity index (χ4n) is 4.53. The second kappa shape index (κ2) is 11.4. The molecule has 3 rings (SSSR count). The number of rotatable bonds is 10. The van der Waals surface area contributed by atoms with Crippen molar-refractivity contribution in [2.45, 2.75) is 71.1 Å². The number of amides is 5. The molecule has 2 fully saturated rings. The quantitative estimate of drug-likeness (QED) is 0.248. The second-order valence-corrected chi connectivity index (χ2v) is 8.86. The number of nitrogens with one attached hydrogen (secondary N) is 1. The van der Waals surface area contributed by atoms with Gasteiger partial charge >= 0.3 is 17.8 Å². The van der Waals surface area contributed by atoms with Gasteiger partial charge in [-0.25, -0.2) is 9.69 Å². The van der Waals surface area contributed by atoms with Gasteiger partial charge in [-0.3, -0.25) is 24.2 Å². The Balaban J connectivity index is 1.44. The highest BCUT2D eigenvalue weighted by Crippen LogP contribution is 2.23. The largest absolute Gasteiger partial charge is 0.356 e. The van der Waals surface area contributed by atoms with E-state index in [-0.39, 0.29) is 25.0 Å². The first-order valence-corrected chi connectivity index (χ1v) is 11.9. The number of hydrogen-bond donors (Lipinski definition) is 1. The summed E-state index contributed by atoms with van der Waals surface area (Å²) in [7, 11) is 0. The average Bonchev–Trinajstić information content (AvgIpc) is 2.99. The van der Waals surface area contributed by atoms with Crippen LogP contribution in [0.3, 0.4) is 0 Å². The summed E-state index contributed by atoms with van der Waals surface area (Å²) in [6, 6.07) is -0.512. The number of nitrogens with zero attached hydrogens (tertiary/aromatic N) is 3. The molecular formula is C23H36N4O4. The minimum absolute atomic E-state index is 0.0234. The minimum atomic E-state index is -0.738. The molecule has 1 aliphatic carbocycles. The lowest BCUT2D eigenvalue weighted by Gasteiger charge is -2.33. The minimum Gasteiger partial charge on any atom is -0.356 e. The van der Waals surface area contributed by atoms with Gasteiger partial charge in [-0.15, -0.1) is 0 Å². The van der Waals surface area contributed by atoms with Crippen LogP contribution < -0.4 is 5.32 Å². The van der Waals surface area contributed by atoms with Crippen molar-refractivity contribution in [2.75, 3.05) is 32.8 Å². The Labute approximate surface area is 185 Å². The van der Waals surface area contributed by atoms with E-state index >= 15 is 0 Å². The molecule has 0 atom stereocenters. The molecule has 0 aromatic carbocycles. The molecule has 0 bridgehead atoms. The van der Waals surface area contributed by atoms with Crippen molar-refractivity contribution < 1.29 is 19.2 Å². The summed E-state index contributed by atoms with van der Waals surface area (Å²) in [5.74, 6) is -1.38. The number of carbonyl (C=O) groups excluding carboxylic acids is 4. The number of carbonyl (C=O) groups is 4. The zero-order valence-corrected chi connectivity index (χ0v) is 18.7. The Morgan fingerprint density at radius 1 is 1.06 bits per heavy atom. The molecule has 172 valence electrons. The van der Waals surface area contributed by atoms with E-state index in [0.717, 1.165) is 54.9 Å². The third kappa shape index (κ3) is 6.15. The number of urea groups is 1. The molecule has 0 saturated carbocycles. The van der Waals surface area contributed by atoms with E-state index in [0.29, 0.717) is 32.4 Å². The molecule has 0 radical (unpaired) electrons. The average molecular weight is 433 g/mol. The molecule has 0 unspecified atom stereocenters. The first kappa shape index (κ1) is 23.4. The van der Waals surface area contributed by atoms with Gasteiger partial charge in [0.15, 0.2) is 0 Å². The van der Waals surface area contributed by atoms with Crippen LogP contribution in [0.1, 0.15) is 71.1 Å². The van der Waals surface area contributed by atoms with Gasteiger partial charge in [-0.1, -0.05) is 31.4 Å². The van der Waals surface area contributed by atoms with E-state index in [1.54, 1.807) is 0 Å². The topological polar surface area (TPSA) is 90.0 Å². The van der Waals surface area contributed by atoms with Crippen LogP contribution >= 0.6 is 0 Å². The van der Waals surface area contributed by atoms with Crippen molar-refractivity contribution in [3.8, 4) is 0 Å². The molecular weight excluding hydrogens is 396 g/mol. The van der Waals surface area contributed by atoms with E-state index < -0.39 is 17.8 Å². The number of imide groups is 2. The zero-order chi connectivity index (χ0) is 22.2. The van der Waals surface area contributed by atoms with Crippen molar-refractivity contribution in [3.05, 3.63) is 11.6 Å². The summed E-state index contributed by atoms with van der Waals surface area (Å²) in [4.78, 5) is 53.9. The predicted octanol–water partition coefficient (Wildman–Crippen LogP) is 2.64. The van der Waals surface area contributed by atoms with Gasteiger partial charge in [-0.05, 0) is 51.4 Å². The van der Waals surface area contributed by atoms with E-state index in [4.69, 9.17) is 0 Å². The number of piperidine rings is 1. The van der Waals surface area contributed by atoms with Gasteiger partial charge in [-0.2, -0.15) is 0 Å². The van der Waals surface area contributed by atoms with Gasteiger partial charge in [0.05, 0.1) is 6.67 Å². The molecule has 31 heavy (non-hydrogen) atoms. The fourth-order valence-corrected chi connectivity index (χ4v) is 4.53. The maximum Gasteiger partial charge on any atom is 0.335 e. The Hall–Kier alpha value is -2.22. The summed E-state index contributed by atoms with van der Waals surface area (Å²) in [6.45, 7) is 4.50. The molecule has 2 heterocycles. The van der Waals surface area contributed by atoms with Gasteiger partial charge in [0.25, 0.3) is 0 Å². The van der Waals surface area contributed by atoms with E-state index in [9.17, 15) is 19.2 Å². The van der Waals surface area contributed by atoms with E-state index in [2.05, 4.69) is 18.3 Å². The highest BCUT2D eigenvalue weighted by Gasteiger charge is 2.45. The summed E-state index contributed by atoms with van der Waals surface area (Å²) in [5.41, 5.74) is 1.27. The highest BCUT2D eigenvalue weighted by atomic mass is 16.2. The summed E-state index contributed by atoms with van der Waals surface area (Å²) < 4.78 is 0. The van der Waals surface area contributed by atoms with Crippen molar-refractivity contribution >= 4 is 23.8 Å². The zero-order valence-electron chi connectivity index (χ0n) is 18.7. The first-order chi connectivity index (χ1) is 15.0. The molecule has 1 N–H and O–H groups in total. The highest BCUT2D eigenvalue weighted by molar-refractivity contribution is 6.44. The summed E-state index contributed by atoms with van der Waals surface area (Å²) in [6.07, 6.45) is 11.9. The molecule has 5 amide bonds. The van der Waals surface area contributed by atoms with Crippen molar-refractivity contribution in [3.63, 3.8) is 0 Å². The Kier molecular flexibility index (Phi) is 8.63. The third-order valence-electron chi connectivity index (χ3n) is 6.56. The van der Waals surface area contributed by atoms with Crippen LogP contribution in [0.4, 0.5) is 4.79 Å². The smallest absolute Gasteiger partial charge is 0.335 e. The SMILES string of the molecule is CCCCCNC(=O)C1CCN(CN2C(=O)C(=O)N(CCC3=CCCCC3)C2=O)CC1. The number of hydrogen-bond acceptors (Lipinski definition) is 5. The molecule has 8 heteroatoms. The Bertz CT molecular complexity index is 712. The van der Waals surface area contributed by atoms with E-state index in [1.165, 1.54) is 12.0 Å². The molecule has 2 saturated heterocycles. The van der Waals surface area contributed by atoms with Crippen LogP contribution in [0.5, 0.6) is 0 Å². The molecule has 2 aliphatic heterocycles. The molecule has 0 aromatic rings. The van der Waals surface area contributed by atoms with E-state index in [1.807, 2.05) is 4.90 Å². The van der Waals surface area contributed by atoms with Crippen molar-refractivity contribution in [1.82, 2.24) is 20.0 Å². The molecule has 0 aromatic heterocycles. The Morgan fingerprint density at radius 3 is 2.48 bits per heavy atom. The summed E-state index contributed by atoms with van der Waals surface area (Å²) in [5, 5.41) is 3.01. The monoisotopic (exact) mass is 432 g/mol.